The van der Waals surface area contributed by atoms with Crippen LogP contribution in [0.2, 0.25) is 0 Å². The minimum Gasteiger partial charge on any atom is -0.476 e. The van der Waals surface area contributed by atoms with Gasteiger partial charge >= 0.3 is 5.97 Å². The van der Waals surface area contributed by atoms with E-state index in [1.165, 1.54) is 12.5 Å². The van der Waals surface area contributed by atoms with E-state index < -0.39 is 5.97 Å². The zero-order chi connectivity index (χ0) is 15.6. The topological polar surface area (TPSA) is 70.5 Å². The van der Waals surface area contributed by atoms with Crippen molar-refractivity contribution in [2.75, 3.05) is 11.9 Å². The summed E-state index contributed by atoms with van der Waals surface area (Å²) in [7, 11) is 1.83. The standard InChI is InChI=1S/C15H16N2O3S/c1-9-4-6-11(7-5-9)8-17(3)15-16-12(14(19)20)13(21-15)10(2)18/h4-7H,8H2,1-3H3,(H,19,20). The van der Waals surface area contributed by atoms with Crippen molar-refractivity contribution in [2.24, 2.45) is 0 Å². The summed E-state index contributed by atoms with van der Waals surface area (Å²) < 4.78 is 0. The number of carbonyl (C=O) groups is 2. The number of rotatable bonds is 5. The quantitative estimate of drug-likeness (QED) is 0.860. The van der Waals surface area contributed by atoms with Crippen molar-refractivity contribution in [2.45, 2.75) is 20.4 Å². The molecular formula is C15H16N2O3S. The SMILES string of the molecule is CC(=O)c1sc(N(C)Cc2ccc(C)cc2)nc1C(=O)O. The predicted octanol–water partition coefficient (Wildman–Crippen LogP) is 2.99. The third-order valence-corrected chi connectivity index (χ3v) is 4.28. The Kier molecular flexibility index (Phi) is 4.37. The molecule has 0 saturated carbocycles. The molecule has 6 heteroatoms. The molecule has 0 saturated heterocycles. The van der Waals surface area contributed by atoms with E-state index in [0.717, 1.165) is 16.9 Å². The minimum atomic E-state index is -1.17. The molecule has 110 valence electrons. The van der Waals surface area contributed by atoms with Crippen molar-refractivity contribution in [3.63, 3.8) is 0 Å². The Morgan fingerprint density at radius 3 is 2.38 bits per heavy atom. The van der Waals surface area contributed by atoms with E-state index in [1.807, 2.05) is 43.1 Å². The fraction of sp³-hybridized carbons (Fsp3) is 0.267. The maximum Gasteiger partial charge on any atom is 0.356 e. The maximum atomic E-state index is 11.5. The number of hydrogen-bond donors (Lipinski definition) is 1. The highest BCUT2D eigenvalue weighted by molar-refractivity contribution is 7.17. The van der Waals surface area contributed by atoms with Gasteiger partial charge in [0.05, 0.1) is 0 Å². The fourth-order valence-corrected chi connectivity index (χ4v) is 2.80. The van der Waals surface area contributed by atoms with E-state index in [-0.39, 0.29) is 16.4 Å². The van der Waals surface area contributed by atoms with Crippen LogP contribution < -0.4 is 4.90 Å². The van der Waals surface area contributed by atoms with Crippen LogP contribution in [-0.4, -0.2) is 28.9 Å². The Labute approximate surface area is 126 Å². The average molecular weight is 304 g/mol. The van der Waals surface area contributed by atoms with Gasteiger partial charge in [-0.3, -0.25) is 4.79 Å². The number of thiazole rings is 1. The summed E-state index contributed by atoms with van der Waals surface area (Å²) in [6, 6.07) is 8.08. The van der Waals surface area contributed by atoms with Gasteiger partial charge in [-0.1, -0.05) is 41.2 Å². The van der Waals surface area contributed by atoms with Crippen molar-refractivity contribution >= 4 is 28.2 Å². The summed E-state index contributed by atoms with van der Waals surface area (Å²) in [5, 5.41) is 9.63. The van der Waals surface area contributed by atoms with Crippen LogP contribution >= 0.6 is 11.3 Å². The summed E-state index contributed by atoms with van der Waals surface area (Å²) in [4.78, 5) is 28.7. The Balaban J connectivity index is 2.25. The van der Waals surface area contributed by atoms with E-state index in [4.69, 9.17) is 5.11 Å². The smallest absolute Gasteiger partial charge is 0.356 e. The molecule has 1 aromatic heterocycles. The van der Waals surface area contributed by atoms with Crippen LogP contribution in [0.4, 0.5) is 5.13 Å². The van der Waals surface area contributed by atoms with Gasteiger partial charge in [-0.15, -0.1) is 0 Å². The number of benzene rings is 1. The number of anilines is 1. The van der Waals surface area contributed by atoms with Gasteiger partial charge < -0.3 is 10.0 Å². The second kappa shape index (κ2) is 6.05. The molecule has 0 radical (unpaired) electrons. The van der Waals surface area contributed by atoms with Gasteiger partial charge in [0.1, 0.15) is 4.88 Å². The number of aromatic carboxylic acids is 1. The number of hydrogen-bond acceptors (Lipinski definition) is 5. The summed E-state index contributed by atoms with van der Waals surface area (Å²) in [6.45, 7) is 3.97. The Bertz CT molecular complexity index is 645. The molecule has 0 aliphatic rings. The van der Waals surface area contributed by atoms with Crippen molar-refractivity contribution < 1.29 is 14.7 Å². The molecule has 0 bridgehead atoms. The van der Waals surface area contributed by atoms with Crippen LogP contribution in [0.25, 0.3) is 0 Å². The number of Topliss-reactive ketones (excluding diaryl/α,β-unsaturated/α-hetero) is 1. The van der Waals surface area contributed by atoms with Gasteiger partial charge in [-0.25, -0.2) is 9.78 Å². The lowest BCUT2D eigenvalue weighted by molar-refractivity contribution is 0.0687. The molecule has 0 amide bonds. The van der Waals surface area contributed by atoms with Gasteiger partial charge in [0.2, 0.25) is 0 Å². The largest absolute Gasteiger partial charge is 0.476 e. The van der Waals surface area contributed by atoms with Gasteiger partial charge in [-0.05, 0) is 12.5 Å². The molecule has 2 rings (SSSR count). The molecule has 0 spiro atoms. The number of aromatic nitrogens is 1. The maximum absolute atomic E-state index is 11.5. The van der Waals surface area contributed by atoms with Gasteiger partial charge in [-0.2, -0.15) is 0 Å². The van der Waals surface area contributed by atoms with E-state index in [0.29, 0.717) is 11.7 Å². The van der Waals surface area contributed by atoms with Gasteiger partial charge in [0.25, 0.3) is 0 Å². The van der Waals surface area contributed by atoms with Crippen LogP contribution in [0, 0.1) is 6.92 Å². The second-order valence-corrected chi connectivity index (χ2v) is 5.85. The monoisotopic (exact) mass is 304 g/mol. The van der Waals surface area contributed by atoms with Crippen molar-refractivity contribution in [3.8, 4) is 0 Å². The minimum absolute atomic E-state index is 0.168. The first-order chi connectivity index (χ1) is 9.88. The molecule has 1 heterocycles. The highest BCUT2D eigenvalue weighted by atomic mass is 32.1. The molecular weight excluding hydrogens is 288 g/mol. The zero-order valence-electron chi connectivity index (χ0n) is 12.1. The fourth-order valence-electron chi connectivity index (χ4n) is 1.89. The molecule has 5 nitrogen and oxygen atoms in total. The highest BCUT2D eigenvalue weighted by Gasteiger charge is 2.22. The van der Waals surface area contributed by atoms with Crippen molar-refractivity contribution in [1.82, 2.24) is 4.98 Å². The van der Waals surface area contributed by atoms with E-state index in [1.54, 1.807) is 0 Å². The Morgan fingerprint density at radius 2 is 1.90 bits per heavy atom. The first kappa shape index (κ1) is 15.2. The van der Waals surface area contributed by atoms with Gasteiger partial charge in [0.15, 0.2) is 16.6 Å². The lowest BCUT2D eigenvalue weighted by atomic mass is 10.1. The molecule has 2 aromatic rings. The van der Waals surface area contributed by atoms with Crippen LogP contribution in [-0.2, 0) is 6.54 Å². The van der Waals surface area contributed by atoms with Crippen LogP contribution in [0.1, 0.15) is 38.2 Å². The number of carboxylic acids is 1. The highest BCUT2D eigenvalue weighted by Crippen LogP contribution is 2.27. The zero-order valence-corrected chi connectivity index (χ0v) is 12.9. The molecule has 0 aliphatic carbocycles. The number of carboxylic acid groups (broad SMARTS) is 1. The second-order valence-electron chi connectivity index (χ2n) is 4.88. The molecule has 0 fully saturated rings. The average Bonchev–Trinajstić information content (AvgIpc) is 2.87. The van der Waals surface area contributed by atoms with E-state index in [2.05, 4.69) is 4.98 Å². The lowest BCUT2D eigenvalue weighted by Crippen LogP contribution is -2.16. The molecule has 0 atom stereocenters. The normalized spacial score (nSPS) is 10.4. The van der Waals surface area contributed by atoms with E-state index >= 15 is 0 Å². The molecule has 0 unspecified atom stereocenters. The summed E-state index contributed by atoms with van der Waals surface area (Å²) >= 11 is 1.11. The number of nitrogens with zero attached hydrogens (tertiary/aromatic N) is 2. The van der Waals surface area contributed by atoms with Crippen molar-refractivity contribution in [1.29, 1.82) is 0 Å². The molecule has 1 aromatic carbocycles. The molecule has 1 N–H and O–H groups in total. The van der Waals surface area contributed by atoms with Crippen LogP contribution in [0.3, 0.4) is 0 Å². The third kappa shape index (κ3) is 3.46. The Hall–Kier alpha value is -2.21. The van der Waals surface area contributed by atoms with Crippen molar-refractivity contribution in [3.05, 3.63) is 46.0 Å². The van der Waals surface area contributed by atoms with E-state index in [9.17, 15) is 9.59 Å². The number of aryl methyl sites for hydroxylation is 1. The summed E-state index contributed by atoms with van der Waals surface area (Å²) in [5.41, 5.74) is 2.11. The first-order valence-electron chi connectivity index (χ1n) is 6.40. The number of ketones is 1. The summed E-state index contributed by atoms with van der Waals surface area (Å²) in [6.07, 6.45) is 0. The predicted molar refractivity (Wildman–Crippen MR) is 82.4 cm³/mol. The first-order valence-corrected chi connectivity index (χ1v) is 7.22. The molecule has 21 heavy (non-hydrogen) atoms. The molecule has 0 aliphatic heterocycles. The van der Waals surface area contributed by atoms with Crippen LogP contribution in [0.15, 0.2) is 24.3 Å². The number of carbonyl (C=O) groups excluding carboxylic acids is 1. The lowest BCUT2D eigenvalue weighted by Gasteiger charge is -2.15. The third-order valence-electron chi connectivity index (χ3n) is 3.01. The van der Waals surface area contributed by atoms with Gasteiger partial charge in [0, 0.05) is 20.5 Å². The van der Waals surface area contributed by atoms with Crippen LogP contribution in [0.5, 0.6) is 0 Å². The Morgan fingerprint density at radius 1 is 1.29 bits per heavy atom. The summed E-state index contributed by atoms with van der Waals surface area (Å²) in [5.74, 6) is -1.45.